The third-order valence-corrected chi connectivity index (χ3v) is 21.4. The van der Waals surface area contributed by atoms with E-state index in [2.05, 4.69) is 74.3 Å². The van der Waals surface area contributed by atoms with Crippen LogP contribution in [0.4, 0.5) is 0 Å². The van der Waals surface area contributed by atoms with Crippen molar-refractivity contribution in [1.29, 1.82) is 0 Å². The summed E-state index contributed by atoms with van der Waals surface area (Å²) in [6.07, 6.45) is 7.12. The van der Waals surface area contributed by atoms with E-state index in [4.69, 9.17) is 23.5 Å². The van der Waals surface area contributed by atoms with Crippen LogP contribution in [-0.4, -0.2) is 370 Å². The molecule has 760 valence electrons. The standard InChI is InChI=1S/C15H30N2O2.C14H30N2O3S.C13H26N2O2.C13H27NO4S.C13H25NO3.C12H26NO6P.C12H24NO3/c1-13(18)9-7-11-17(5,6)12-8-10-16-14(19)15(2,3)4;1-14(2,3)13(17)15-9-7-10-16(4,5)11-8-12-20(6,18)19;1-11(16)10-15(5,6)9-7-8-14-12(17)13(2,3)4;1-13(2,3)12(15)18-10-9-14(4,5)8-7-11-19(6,16)17;1-11(15)7-8-14(5,6)9-10-17-12(16)13(2,3)4;1-12(2,3)11(14)17-9-10-19-20(15,16)18-8-7-13(4,5)6;1-10(14)9-13(5,6)7-8-16-11(15)12(2,3)4/h1,7-12H2,2-6H3,(H-,16,18,19);7-12H2,1-6H3;1,7-10H2,2-6H3,(H-,14,16,17);6-11H2,1-5H3;1,7-10H2,2-6H3;7-10H2,1-6H3;7-9H2,1-6H3/q;;;;;;+1/p+1. The van der Waals surface area contributed by atoms with E-state index in [0.29, 0.717) is 133 Å². The van der Waals surface area contributed by atoms with Crippen molar-refractivity contribution in [2.24, 2.45) is 37.9 Å². The molecule has 0 heterocycles. The molecule has 0 aliphatic rings. The molecule has 2 atom stereocenters. The fourth-order valence-corrected chi connectivity index (χ4v) is 11.9. The molecule has 0 bridgehead atoms. The Morgan fingerprint density at radius 1 is 0.344 bits per heavy atom. The lowest BCUT2D eigenvalue weighted by atomic mass is 9.96. The van der Waals surface area contributed by atoms with Crippen LogP contribution in [0.25, 0.3) is 0 Å². The van der Waals surface area contributed by atoms with Crippen LogP contribution in [0.2, 0.25) is 0 Å². The Balaban J connectivity index is -0.000000267. The molecule has 0 rings (SSSR count). The summed E-state index contributed by atoms with van der Waals surface area (Å²) in [5, 5.41) is 41.3. The van der Waals surface area contributed by atoms with Gasteiger partial charge in [-0.05, 0) is 95.9 Å². The summed E-state index contributed by atoms with van der Waals surface area (Å²) in [6.45, 7) is 62.6. The van der Waals surface area contributed by atoms with Gasteiger partial charge in [-0.1, -0.05) is 83.7 Å². The fourth-order valence-electron chi connectivity index (χ4n) is 9.98. The summed E-state index contributed by atoms with van der Waals surface area (Å²) in [4.78, 5) is 103. The maximum absolute atomic E-state index is 11.7. The molecule has 0 aliphatic heterocycles. The quantitative estimate of drug-likeness (QED) is 0.0109. The second-order valence-electron chi connectivity index (χ2n) is 45.4. The smallest absolute Gasteiger partial charge is 0.311 e. The van der Waals surface area contributed by atoms with Crippen LogP contribution < -0.4 is 36.2 Å². The molecule has 0 aromatic carbocycles. The van der Waals surface area contributed by atoms with Crippen LogP contribution in [0.5, 0.6) is 0 Å². The number of likely N-dealkylation sites (N-methyl/N-ethyl adjacent to an activating group) is 5. The molecule has 0 radical (unpaired) electrons. The van der Waals surface area contributed by atoms with Crippen molar-refractivity contribution in [2.45, 2.75) is 204 Å². The number of carbonyl (C=O) groups excluding carboxylic acids is 8. The monoisotopic (exact) mass is 1900 g/mol. The number of quaternary nitrogens is 7. The van der Waals surface area contributed by atoms with Crippen molar-refractivity contribution in [2.75, 3.05) is 268 Å². The predicted octanol–water partition coefficient (Wildman–Crippen LogP) is 6.64. The highest BCUT2D eigenvalue weighted by atomic mass is 32.2. The number of carbonyl (C=O) groups is 8. The van der Waals surface area contributed by atoms with Gasteiger partial charge in [0.15, 0.2) is 5.78 Å². The average molecular weight is 1900 g/mol. The van der Waals surface area contributed by atoms with E-state index < -0.39 is 55.1 Å². The Morgan fingerprint density at radius 3 is 0.891 bits per heavy atom. The van der Waals surface area contributed by atoms with Gasteiger partial charge in [0.1, 0.15) is 75.6 Å². The number of ether oxygens (including phenoxy) is 4. The van der Waals surface area contributed by atoms with Crippen molar-refractivity contribution in [1.82, 2.24) is 16.0 Å². The van der Waals surface area contributed by atoms with E-state index >= 15 is 0 Å². The highest BCUT2D eigenvalue weighted by Crippen LogP contribution is 2.38. The first-order chi connectivity index (χ1) is 56.7. The van der Waals surface area contributed by atoms with Crippen molar-refractivity contribution >= 4 is 80.7 Å². The third-order valence-electron chi connectivity index (χ3n) is 18.5. The summed E-state index contributed by atoms with van der Waals surface area (Å²) < 4.78 is 89.9. The number of nitrogens with zero attached hydrogens (tertiary/aromatic N) is 7. The van der Waals surface area contributed by atoms with Gasteiger partial charge in [-0.2, -0.15) is 0 Å². The molecule has 36 heteroatoms. The van der Waals surface area contributed by atoms with Crippen LogP contribution >= 0.6 is 7.82 Å². The SMILES string of the molecule is C=C([O-])CCC[N+](C)(C)CCCNC(=O)C(C)(C)C.C=C([O-])CC[N+](C)(C)CCOC(=O)C(C)(C)C.C=C([O-])C[N+](C)(C)CCCNC(=O)C(C)(C)C.C=S(=O)([O-])CCC[N+](C)(C)CCOC(=O)C(C)(C)C.CC(=O)C[N+](C)(C)CCOC(=O)C(C)(C)C.CC(C)(C)C(=O)NCCC[N+](C)(C)CCCS(C)(=O)=O.CC(C)(C)C(=O)OCCOP(=O)([O-])OCC[N+](C)(C)C. The van der Waals surface area contributed by atoms with Crippen LogP contribution in [0.3, 0.4) is 0 Å². The van der Waals surface area contributed by atoms with E-state index in [1.807, 2.05) is 202 Å². The molecular formula is C92H189N10O23PS2+2. The number of sulfone groups is 1. The van der Waals surface area contributed by atoms with Gasteiger partial charge in [-0.25, -0.2) is 8.42 Å². The first-order valence-electron chi connectivity index (χ1n) is 44.3. The molecule has 0 aromatic heterocycles. The summed E-state index contributed by atoms with van der Waals surface area (Å²) >= 11 is 0. The molecule has 2 unspecified atom stereocenters. The Bertz CT molecular complexity index is 3580. The number of allylic oxidation sites excluding steroid dienone is 1. The molecule has 3 N–H and O–H groups in total. The lowest BCUT2D eigenvalue weighted by molar-refractivity contribution is -0.890. The van der Waals surface area contributed by atoms with Crippen molar-refractivity contribution in [3.8, 4) is 0 Å². The highest BCUT2D eigenvalue weighted by Gasteiger charge is 2.31. The maximum Gasteiger partial charge on any atom is 0.311 e. The molecule has 3 amide bonds. The maximum atomic E-state index is 11.7. The van der Waals surface area contributed by atoms with Gasteiger partial charge < -0.3 is 100 Å². The first-order valence-corrected chi connectivity index (χ1v) is 49.7. The molecule has 0 saturated carbocycles. The number of ketones is 1. The number of phosphoric acid groups is 1. The van der Waals surface area contributed by atoms with Crippen LogP contribution in [0, 0.1) is 37.9 Å². The topological polar surface area (TPSA) is 412 Å². The summed E-state index contributed by atoms with van der Waals surface area (Å²) in [5.74, 6) is 2.71. The van der Waals surface area contributed by atoms with Crippen molar-refractivity contribution < 1.29 is 140 Å². The van der Waals surface area contributed by atoms with E-state index in [0.717, 1.165) is 73.9 Å². The zero-order chi connectivity index (χ0) is 103. The lowest BCUT2D eigenvalue weighted by Gasteiger charge is -2.32. The normalized spacial score (nSPS) is 13.5. The van der Waals surface area contributed by atoms with Crippen LogP contribution in [0.1, 0.15) is 204 Å². The van der Waals surface area contributed by atoms with Crippen LogP contribution in [-0.2, 0) is 90.6 Å². The van der Waals surface area contributed by atoms with Crippen LogP contribution in [0.15, 0.2) is 37.0 Å². The average Bonchev–Trinajstić information content (AvgIpc) is 0.899. The molecule has 0 fully saturated rings. The number of Topliss-reactive ketones (excluding diaryl/α,β-unsaturated/α-hetero) is 1. The number of rotatable bonds is 48. The van der Waals surface area contributed by atoms with Gasteiger partial charge in [-0.3, -0.25) is 47.1 Å². The summed E-state index contributed by atoms with van der Waals surface area (Å²) in [5.41, 5.74) is -3.04. The number of esters is 4. The number of phosphoric ester groups is 1. The number of hydrogen-bond acceptors (Lipinski definition) is 23. The number of hydrogen-bond donors (Lipinski definition) is 3. The second kappa shape index (κ2) is 60.6. The van der Waals surface area contributed by atoms with Gasteiger partial charge in [0, 0.05) is 93.3 Å². The van der Waals surface area contributed by atoms with E-state index in [9.17, 15) is 80.3 Å². The van der Waals surface area contributed by atoms with Gasteiger partial charge in [0.2, 0.25) is 17.7 Å². The lowest BCUT2D eigenvalue weighted by Crippen LogP contribution is -2.46. The van der Waals surface area contributed by atoms with Gasteiger partial charge >= 0.3 is 23.9 Å². The molecular weight excluding hydrogens is 1710 g/mol. The Morgan fingerprint density at radius 2 is 0.609 bits per heavy atom. The zero-order valence-electron chi connectivity index (χ0n) is 87.7. The van der Waals surface area contributed by atoms with Gasteiger partial charge in [-0.15, -0.1) is 31.3 Å². The predicted molar refractivity (Wildman–Crippen MR) is 508 cm³/mol. The van der Waals surface area contributed by atoms with E-state index in [1.54, 1.807) is 27.7 Å². The third kappa shape index (κ3) is 92.2. The molecule has 0 saturated heterocycles. The summed E-state index contributed by atoms with van der Waals surface area (Å²) in [7, 11) is 19.8. The minimum Gasteiger partial charge on any atom is -0.876 e. The zero-order valence-corrected chi connectivity index (χ0v) is 90.3. The minimum absolute atomic E-state index is 0.0115. The van der Waals surface area contributed by atoms with Crippen molar-refractivity contribution in [3.05, 3.63) is 37.0 Å². The molecule has 0 aromatic rings. The highest BCUT2D eigenvalue weighted by molar-refractivity contribution is 7.95. The molecule has 0 aliphatic carbocycles. The minimum atomic E-state index is -4.33. The van der Waals surface area contributed by atoms with Gasteiger partial charge in [0.05, 0.1) is 192 Å². The molecule has 128 heavy (non-hydrogen) atoms. The van der Waals surface area contributed by atoms with E-state index in [-0.39, 0.29) is 106 Å². The Hall–Kier alpha value is -5.66. The number of amides is 3. The second-order valence-corrected chi connectivity index (χ2v) is 50.9. The fraction of sp³-hybridized carbons (Fsp3) is 0.837. The number of nitrogens with one attached hydrogen (secondary N) is 3. The molecule has 0 spiro atoms. The largest absolute Gasteiger partial charge is 0.876 e. The summed E-state index contributed by atoms with van der Waals surface area (Å²) in [6, 6.07) is 0. The Labute approximate surface area is 778 Å². The van der Waals surface area contributed by atoms with Crippen molar-refractivity contribution in [3.63, 3.8) is 0 Å². The molecule has 33 nitrogen and oxygen atoms in total. The van der Waals surface area contributed by atoms with E-state index in [1.165, 1.54) is 6.26 Å². The first kappa shape index (κ1) is 135. The Kier molecular flexibility index (Phi) is 64.1. The van der Waals surface area contributed by atoms with Gasteiger partial charge in [0.25, 0.3) is 7.82 Å².